The van der Waals surface area contributed by atoms with Crippen LogP contribution in [0.4, 0.5) is 5.69 Å². The van der Waals surface area contributed by atoms with Crippen molar-refractivity contribution in [3.05, 3.63) is 160 Å². The van der Waals surface area contributed by atoms with E-state index in [9.17, 15) is 0 Å². The number of hydrogen-bond donors (Lipinski definition) is 0. The van der Waals surface area contributed by atoms with Gasteiger partial charge in [-0.25, -0.2) is 0 Å². The molecule has 78 heavy (non-hydrogen) atoms. The minimum atomic E-state index is 0.975. The van der Waals surface area contributed by atoms with Crippen molar-refractivity contribution in [2.24, 2.45) is 4.99 Å². The fraction of sp³-hybridized carbons (Fsp3) is 0.348. The highest BCUT2D eigenvalue weighted by Crippen LogP contribution is 2.49. The van der Waals surface area contributed by atoms with Crippen molar-refractivity contribution in [1.82, 2.24) is 0 Å². The zero-order chi connectivity index (χ0) is 53.5. The predicted octanol–water partition coefficient (Wildman–Crippen LogP) is 25.8. The third-order valence-electron chi connectivity index (χ3n) is 14.8. The van der Waals surface area contributed by atoms with Gasteiger partial charge in [-0.2, -0.15) is 0 Å². The molecule has 10 aromatic rings. The minimum absolute atomic E-state index is 0.975. The molecule has 2 aromatic carbocycles. The van der Waals surface area contributed by atoms with Crippen molar-refractivity contribution in [2.45, 2.75) is 156 Å². The van der Waals surface area contributed by atoms with Crippen molar-refractivity contribution < 1.29 is 0 Å². The highest BCUT2D eigenvalue weighted by atomic mass is 32.1. The molecule has 0 saturated heterocycles. The molecule has 0 aliphatic carbocycles. The van der Waals surface area contributed by atoms with Crippen LogP contribution in [0.2, 0.25) is 0 Å². The largest absolute Gasteiger partial charge is 0.256 e. The Morgan fingerprint density at radius 3 is 1.04 bits per heavy atom. The molecule has 9 heteroatoms. The first-order valence-electron chi connectivity index (χ1n) is 29.0. The minimum Gasteiger partial charge on any atom is -0.256 e. The first-order chi connectivity index (χ1) is 38.5. The quantitative estimate of drug-likeness (QED) is 0.0314. The lowest BCUT2D eigenvalue weighted by Crippen LogP contribution is -1.85. The molecule has 0 saturated carbocycles. The summed E-state index contributed by atoms with van der Waals surface area (Å²) in [6.45, 7) is 9.19. The van der Waals surface area contributed by atoms with Gasteiger partial charge in [-0.3, -0.25) is 4.99 Å². The SMILES string of the molecule is CCCCCCc1ccsc1-c1ccc(-c2ccc(-c3sc(-c4ccc(C=Nc5ccc(-c6cc(CCCCCC)c(-c7ccc(-c8ccc(-c9sccc9CCCCCC)s8)s7)s6)cc5)cc4)cc3CCCCCC)s2)s1. The lowest BCUT2D eigenvalue weighted by molar-refractivity contribution is 0.668. The van der Waals surface area contributed by atoms with Gasteiger partial charge in [0.1, 0.15) is 0 Å². The Balaban J connectivity index is 0.810. The van der Waals surface area contributed by atoms with Crippen molar-refractivity contribution in [3.8, 4) is 79.4 Å². The summed E-state index contributed by atoms with van der Waals surface area (Å²) in [6, 6.07) is 46.5. The number of aryl methyl sites for hydroxylation is 4. The summed E-state index contributed by atoms with van der Waals surface area (Å²) in [5, 5.41) is 4.57. The molecule has 8 aromatic heterocycles. The van der Waals surface area contributed by atoms with E-state index in [-0.39, 0.29) is 0 Å². The van der Waals surface area contributed by atoms with Crippen LogP contribution in [0.25, 0.3) is 79.4 Å². The number of aliphatic imine (C=N–C) groups is 1. The molecule has 1 nitrogen and oxygen atoms in total. The average molecular weight is 1170 g/mol. The Labute approximate surface area is 498 Å². The van der Waals surface area contributed by atoms with E-state index in [2.05, 4.69) is 160 Å². The number of benzene rings is 2. The predicted molar refractivity (Wildman–Crippen MR) is 358 cm³/mol. The van der Waals surface area contributed by atoms with Crippen LogP contribution in [-0.2, 0) is 25.7 Å². The van der Waals surface area contributed by atoms with Crippen LogP contribution in [-0.4, -0.2) is 6.21 Å². The highest BCUT2D eigenvalue weighted by Gasteiger charge is 2.20. The van der Waals surface area contributed by atoms with Gasteiger partial charge in [0.25, 0.3) is 0 Å². The van der Waals surface area contributed by atoms with Crippen molar-refractivity contribution in [1.29, 1.82) is 0 Å². The molecule has 0 unspecified atom stereocenters. The smallest absolute Gasteiger partial charge is 0.0630 e. The van der Waals surface area contributed by atoms with Gasteiger partial charge < -0.3 is 0 Å². The highest BCUT2D eigenvalue weighted by molar-refractivity contribution is 7.30. The van der Waals surface area contributed by atoms with E-state index in [4.69, 9.17) is 4.99 Å². The molecule has 8 heterocycles. The second kappa shape index (κ2) is 28.9. The molecule has 0 aliphatic heterocycles. The first-order valence-corrected chi connectivity index (χ1v) is 35.7. The van der Waals surface area contributed by atoms with Gasteiger partial charge in [0.2, 0.25) is 0 Å². The fourth-order valence-electron chi connectivity index (χ4n) is 10.4. The monoisotopic (exact) mass is 1170 g/mol. The van der Waals surface area contributed by atoms with Gasteiger partial charge in [0, 0.05) is 74.5 Å². The average Bonchev–Trinajstić information content (AvgIpc) is 4.33. The number of hydrogen-bond acceptors (Lipinski definition) is 9. The molecule has 0 radical (unpaired) electrons. The molecule has 0 amide bonds. The molecule has 404 valence electrons. The fourth-order valence-corrected chi connectivity index (χ4v) is 19.5. The summed E-state index contributed by atoms with van der Waals surface area (Å²) in [5.74, 6) is 0. The summed E-state index contributed by atoms with van der Waals surface area (Å²) in [4.78, 5) is 24.6. The number of unbranched alkanes of at least 4 members (excludes halogenated alkanes) is 12. The topological polar surface area (TPSA) is 12.4 Å². The summed E-state index contributed by atoms with van der Waals surface area (Å²) in [6.07, 6.45) is 27.3. The Morgan fingerprint density at radius 1 is 0.308 bits per heavy atom. The van der Waals surface area contributed by atoms with Gasteiger partial charge >= 0.3 is 0 Å². The second-order valence-corrected chi connectivity index (χ2v) is 29.1. The molecule has 0 spiro atoms. The van der Waals surface area contributed by atoms with Crippen LogP contribution in [0.15, 0.2) is 137 Å². The van der Waals surface area contributed by atoms with Gasteiger partial charge in [-0.1, -0.05) is 141 Å². The number of rotatable bonds is 30. The second-order valence-electron chi connectivity index (χ2n) is 20.8. The van der Waals surface area contributed by atoms with Crippen molar-refractivity contribution >= 4 is 103 Å². The Kier molecular flexibility index (Phi) is 21.1. The van der Waals surface area contributed by atoms with E-state index in [0.717, 1.165) is 24.1 Å². The molecular weight excluding hydrogens is 1100 g/mol. The molecule has 10 rings (SSSR count). The molecule has 0 aliphatic rings. The van der Waals surface area contributed by atoms with E-state index in [0.29, 0.717) is 0 Å². The normalized spacial score (nSPS) is 11.8. The standard InChI is InChI=1S/C69H75NS8/c1-5-9-13-17-21-51-41-43-71-66(51)60-37-33-56(73-60)58-35-39-62(75-58)68-53(23-19-15-11-7-3)45-64(77-68)49-27-25-48(26-28-49)47-70-55-31-29-50(30-32-55)65-46-54(24-20-16-12-8-4)69(78-65)63-40-36-59(76-63)57-34-38-61(74-57)67-52(42-44-72-67)22-18-14-10-6-2/h25-47H,5-24H2,1-4H3. The van der Waals surface area contributed by atoms with Gasteiger partial charge in [0.05, 0.1) is 5.69 Å². The van der Waals surface area contributed by atoms with E-state index >= 15 is 0 Å². The lowest BCUT2D eigenvalue weighted by atomic mass is 10.0. The summed E-state index contributed by atoms with van der Waals surface area (Å²) in [7, 11) is 0. The summed E-state index contributed by atoms with van der Waals surface area (Å²) in [5.41, 5.74) is 10.7. The van der Waals surface area contributed by atoms with Gasteiger partial charge in [-0.15, -0.1) is 90.7 Å². The zero-order valence-corrected chi connectivity index (χ0v) is 52.7. The van der Waals surface area contributed by atoms with E-state index < -0.39 is 0 Å². The van der Waals surface area contributed by atoms with Gasteiger partial charge in [0.15, 0.2) is 0 Å². The third-order valence-corrected chi connectivity index (χ3v) is 24.6. The van der Waals surface area contributed by atoms with Crippen LogP contribution < -0.4 is 0 Å². The van der Waals surface area contributed by atoms with E-state index in [1.165, 1.54) is 217 Å². The first kappa shape index (κ1) is 57.0. The van der Waals surface area contributed by atoms with E-state index in [1.807, 2.05) is 96.9 Å². The van der Waals surface area contributed by atoms with Crippen LogP contribution >= 0.6 is 90.7 Å². The van der Waals surface area contributed by atoms with Crippen LogP contribution in [0.5, 0.6) is 0 Å². The lowest BCUT2D eigenvalue weighted by Gasteiger charge is -2.02. The van der Waals surface area contributed by atoms with Crippen LogP contribution in [0, 0.1) is 0 Å². The Morgan fingerprint density at radius 2 is 0.654 bits per heavy atom. The zero-order valence-electron chi connectivity index (χ0n) is 46.1. The maximum Gasteiger partial charge on any atom is 0.0630 e. The Hall–Kier alpha value is -4.29. The number of thiophene rings is 8. The van der Waals surface area contributed by atoms with Crippen LogP contribution in [0.3, 0.4) is 0 Å². The van der Waals surface area contributed by atoms with Crippen molar-refractivity contribution in [3.63, 3.8) is 0 Å². The molecular formula is C69H75NS8. The van der Waals surface area contributed by atoms with E-state index in [1.54, 1.807) is 0 Å². The Bertz CT molecular complexity index is 3190. The molecule has 0 fully saturated rings. The van der Waals surface area contributed by atoms with Crippen molar-refractivity contribution in [2.75, 3.05) is 0 Å². The number of nitrogens with zero attached hydrogens (tertiary/aromatic N) is 1. The summed E-state index contributed by atoms with van der Waals surface area (Å²) < 4.78 is 0. The maximum atomic E-state index is 4.97. The third kappa shape index (κ3) is 14.6. The molecule has 0 atom stereocenters. The molecule has 0 bridgehead atoms. The van der Waals surface area contributed by atoms with Crippen LogP contribution in [0.1, 0.15) is 158 Å². The maximum absolute atomic E-state index is 4.97. The molecule has 0 N–H and O–H groups in total. The van der Waals surface area contributed by atoms with Gasteiger partial charge in [-0.05, 0) is 186 Å². The summed E-state index contributed by atoms with van der Waals surface area (Å²) >= 11 is 15.6.